The molecular weight excluding hydrogens is 122 g/mol. The van der Waals surface area contributed by atoms with Gasteiger partial charge in [0.1, 0.15) is 0 Å². The molecule has 0 radical (unpaired) electrons. The standard InChI is InChI=1S/C9H9N/c1-2-9(10-3-1)8-5-6-4-7(6)8/h1,3-5,7,9-10H,2H2/t7?,9-/m1/s1. The molecule has 3 aliphatic rings. The highest BCUT2D eigenvalue weighted by Crippen LogP contribution is 2.48. The molecule has 0 spiro atoms. The first-order chi connectivity index (χ1) is 4.95. The predicted octanol–water partition coefficient (Wildman–Crippen LogP) is 1.36. The molecular formula is C9H9N. The van der Waals surface area contributed by atoms with Crippen LogP contribution < -0.4 is 5.32 Å². The minimum Gasteiger partial charge on any atom is -0.384 e. The van der Waals surface area contributed by atoms with E-state index in [1.165, 1.54) is 6.42 Å². The summed E-state index contributed by atoms with van der Waals surface area (Å²) in [6.45, 7) is 0. The van der Waals surface area contributed by atoms with Crippen LogP contribution in [-0.2, 0) is 0 Å². The molecule has 0 aromatic heterocycles. The summed E-state index contributed by atoms with van der Waals surface area (Å²) in [7, 11) is 0. The Morgan fingerprint density at radius 3 is 3.00 bits per heavy atom. The zero-order valence-electron chi connectivity index (χ0n) is 5.67. The Labute approximate surface area is 60.1 Å². The van der Waals surface area contributed by atoms with Gasteiger partial charge in [0.15, 0.2) is 0 Å². The maximum absolute atomic E-state index is 3.33. The Kier molecular flexibility index (Phi) is 0.652. The number of fused-ring (bicyclic) bond motifs is 1. The van der Waals surface area contributed by atoms with E-state index in [4.69, 9.17) is 0 Å². The van der Waals surface area contributed by atoms with Gasteiger partial charge in [-0.3, -0.25) is 0 Å². The number of nitrogens with one attached hydrogen (secondary N) is 1. The monoisotopic (exact) mass is 131 g/mol. The lowest BCUT2D eigenvalue weighted by Gasteiger charge is -2.21. The van der Waals surface area contributed by atoms with E-state index >= 15 is 0 Å². The first kappa shape index (κ1) is 4.78. The van der Waals surface area contributed by atoms with Crippen molar-refractivity contribution in [1.29, 1.82) is 0 Å². The predicted molar refractivity (Wildman–Crippen MR) is 40.3 cm³/mol. The fourth-order valence-corrected chi connectivity index (χ4v) is 1.76. The molecule has 1 aliphatic heterocycles. The van der Waals surface area contributed by atoms with Crippen LogP contribution in [-0.4, -0.2) is 6.04 Å². The molecule has 1 N–H and O–H groups in total. The molecule has 0 aromatic carbocycles. The smallest absolute Gasteiger partial charge is 0.0515 e. The van der Waals surface area contributed by atoms with Gasteiger partial charge in [0.05, 0.1) is 6.04 Å². The van der Waals surface area contributed by atoms with Gasteiger partial charge in [0, 0.05) is 5.92 Å². The lowest BCUT2D eigenvalue weighted by molar-refractivity contribution is 0.666. The van der Waals surface area contributed by atoms with Crippen molar-refractivity contribution in [2.45, 2.75) is 12.5 Å². The van der Waals surface area contributed by atoms with E-state index in [-0.39, 0.29) is 0 Å². The van der Waals surface area contributed by atoms with Gasteiger partial charge in [-0.2, -0.15) is 0 Å². The number of allylic oxidation sites excluding steroid dienone is 3. The lowest BCUT2D eigenvalue weighted by Crippen LogP contribution is -2.25. The Balaban J connectivity index is 1.79. The Hall–Kier alpha value is -0.980. The third-order valence-corrected chi connectivity index (χ3v) is 2.49. The average Bonchev–Trinajstić information content (AvgIpc) is 2.42. The normalized spacial score (nSPS) is 39.2. The second-order valence-electron chi connectivity index (χ2n) is 3.15. The van der Waals surface area contributed by atoms with Crippen molar-refractivity contribution in [3.8, 4) is 0 Å². The van der Waals surface area contributed by atoms with Crippen molar-refractivity contribution in [2.24, 2.45) is 5.92 Å². The molecule has 3 rings (SSSR count). The average molecular weight is 131 g/mol. The van der Waals surface area contributed by atoms with E-state index < -0.39 is 0 Å². The van der Waals surface area contributed by atoms with Crippen molar-refractivity contribution >= 4 is 0 Å². The topological polar surface area (TPSA) is 12.0 Å². The highest BCUT2D eigenvalue weighted by molar-refractivity contribution is 5.60. The van der Waals surface area contributed by atoms with Crippen LogP contribution in [0.15, 0.2) is 35.6 Å². The quantitative estimate of drug-likeness (QED) is 0.566. The molecule has 2 aliphatic carbocycles. The van der Waals surface area contributed by atoms with Crippen LogP contribution >= 0.6 is 0 Å². The molecule has 50 valence electrons. The van der Waals surface area contributed by atoms with E-state index in [1.54, 1.807) is 11.1 Å². The van der Waals surface area contributed by atoms with Crippen LogP contribution in [0.3, 0.4) is 0 Å². The second-order valence-corrected chi connectivity index (χ2v) is 3.15. The van der Waals surface area contributed by atoms with Crippen LogP contribution in [0.1, 0.15) is 6.42 Å². The molecule has 1 unspecified atom stereocenters. The third kappa shape index (κ3) is 0.441. The fraction of sp³-hybridized carbons (Fsp3) is 0.333. The number of hydrogen-bond donors (Lipinski definition) is 1. The van der Waals surface area contributed by atoms with Gasteiger partial charge in [-0.25, -0.2) is 0 Å². The molecule has 10 heavy (non-hydrogen) atoms. The van der Waals surface area contributed by atoms with Gasteiger partial charge in [-0.1, -0.05) is 18.2 Å². The first-order valence-corrected chi connectivity index (χ1v) is 3.79. The van der Waals surface area contributed by atoms with E-state index in [9.17, 15) is 0 Å². The minimum atomic E-state index is 0.632. The molecule has 1 heteroatoms. The minimum absolute atomic E-state index is 0.632. The molecule has 1 heterocycles. The van der Waals surface area contributed by atoms with Crippen LogP contribution in [0.2, 0.25) is 0 Å². The lowest BCUT2D eigenvalue weighted by atomic mass is 9.90. The van der Waals surface area contributed by atoms with E-state index in [0.29, 0.717) is 6.04 Å². The van der Waals surface area contributed by atoms with Gasteiger partial charge in [-0.05, 0) is 23.8 Å². The summed E-state index contributed by atoms with van der Waals surface area (Å²) in [5.41, 5.74) is 3.16. The van der Waals surface area contributed by atoms with Crippen LogP contribution in [0, 0.1) is 5.92 Å². The van der Waals surface area contributed by atoms with E-state index in [2.05, 4.69) is 29.7 Å². The summed E-state index contributed by atoms with van der Waals surface area (Å²) in [6.07, 6.45) is 10.1. The molecule has 0 saturated heterocycles. The third-order valence-electron chi connectivity index (χ3n) is 2.49. The highest BCUT2D eigenvalue weighted by Gasteiger charge is 2.39. The fourth-order valence-electron chi connectivity index (χ4n) is 1.76. The van der Waals surface area contributed by atoms with Gasteiger partial charge >= 0.3 is 0 Å². The molecule has 0 amide bonds. The van der Waals surface area contributed by atoms with Crippen LogP contribution in [0.4, 0.5) is 0 Å². The molecule has 0 saturated carbocycles. The van der Waals surface area contributed by atoms with Gasteiger partial charge in [0.2, 0.25) is 0 Å². The van der Waals surface area contributed by atoms with E-state index in [0.717, 1.165) is 5.92 Å². The van der Waals surface area contributed by atoms with Crippen LogP contribution in [0.5, 0.6) is 0 Å². The van der Waals surface area contributed by atoms with Crippen LogP contribution in [0.25, 0.3) is 0 Å². The van der Waals surface area contributed by atoms with Crippen molar-refractivity contribution < 1.29 is 0 Å². The highest BCUT2D eigenvalue weighted by atomic mass is 14.9. The van der Waals surface area contributed by atoms with Gasteiger partial charge < -0.3 is 5.32 Å². The zero-order chi connectivity index (χ0) is 6.55. The number of rotatable bonds is 1. The van der Waals surface area contributed by atoms with Gasteiger partial charge in [0.25, 0.3) is 0 Å². The molecule has 1 nitrogen and oxygen atoms in total. The van der Waals surface area contributed by atoms with Gasteiger partial charge in [-0.15, -0.1) is 0 Å². The van der Waals surface area contributed by atoms with E-state index in [1.807, 2.05) is 0 Å². The molecule has 0 aromatic rings. The summed E-state index contributed by atoms with van der Waals surface area (Å²) in [6, 6.07) is 0.632. The first-order valence-electron chi connectivity index (χ1n) is 3.79. The SMILES string of the molecule is C1=CN[C@@H](C2=CC3=CC32)C1. The Bertz CT molecular complexity index is 262. The van der Waals surface area contributed by atoms with Crippen molar-refractivity contribution in [1.82, 2.24) is 5.32 Å². The largest absolute Gasteiger partial charge is 0.384 e. The number of hydrogen-bond acceptors (Lipinski definition) is 1. The summed E-state index contributed by atoms with van der Waals surface area (Å²) >= 11 is 0. The maximum Gasteiger partial charge on any atom is 0.0515 e. The Morgan fingerprint density at radius 2 is 2.50 bits per heavy atom. The maximum atomic E-state index is 3.33. The van der Waals surface area contributed by atoms with Crippen molar-refractivity contribution in [3.63, 3.8) is 0 Å². The zero-order valence-corrected chi connectivity index (χ0v) is 5.67. The molecule has 2 atom stereocenters. The second kappa shape index (κ2) is 1.36. The summed E-state index contributed by atoms with van der Waals surface area (Å²) < 4.78 is 0. The Morgan fingerprint density at radius 1 is 1.50 bits per heavy atom. The molecule has 0 fully saturated rings. The summed E-state index contributed by atoms with van der Waals surface area (Å²) in [5.74, 6) is 0.789. The van der Waals surface area contributed by atoms with Crippen molar-refractivity contribution in [2.75, 3.05) is 0 Å². The summed E-state index contributed by atoms with van der Waals surface area (Å²) in [4.78, 5) is 0. The van der Waals surface area contributed by atoms with Crippen molar-refractivity contribution in [3.05, 3.63) is 35.6 Å². The molecule has 0 bridgehead atoms. The summed E-state index contributed by atoms with van der Waals surface area (Å²) in [5, 5.41) is 3.33.